The van der Waals surface area contributed by atoms with Gasteiger partial charge in [0, 0.05) is 31.4 Å². The molecule has 1 saturated heterocycles. The number of rotatable bonds is 4. The van der Waals surface area contributed by atoms with Crippen LogP contribution >= 0.6 is 11.6 Å². The summed E-state index contributed by atoms with van der Waals surface area (Å²) in [6.45, 7) is 1.60. The molecule has 0 radical (unpaired) electrons. The van der Waals surface area contributed by atoms with Gasteiger partial charge < -0.3 is 14.6 Å². The van der Waals surface area contributed by atoms with Gasteiger partial charge in [0.15, 0.2) is 5.82 Å². The molecule has 150 valence electrons. The van der Waals surface area contributed by atoms with Crippen LogP contribution in [-0.2, 0) is 12.5 Å². The van der Waals surface area contributed by atoms with Crippen LogP contribution in [0.1, 0.15) is 37.1 Å². The first-order valence-corrected chi connectivity index (χ1v) is 10.6. The summed E-state index contributed by atoms with van der Waals surface area (Å²) >= 11 is 6.68. The number of aliphatic hydroxyl groups is 1. The summed E-state index contributed by atoms with van der Waals surface area (Å²) in [7, 11) is 2.03. The zero-order valence-electron chi connectivity index (χ0n) is 16.6. The summed E-state index contributed by atoms with van der Waals surface area (Å²) in [6, 6.07) is 16.6. The van der Waals surface area contributed by atoms with E-state index in [1.165, 1.54) is 5.56 Å². The molecule has 5 rings (SSSR count). The molecule has 3 aromatic rings. The van der Waals surface area contributed by atoms with Crippen LogP contribution < -0.4 is 4.90 Å². The maximum absolute atomic E-state index is 9.96. The van der Waals surface area contributed by atoms with E-state index in [-0.39, 0.29) is 11.5 Å². The molecule has 29 heavy (non-hydrogen) atoms. The highest BCUT2D eigenvalue weighted by molar-refractivity contribution is 6.33. The predicted octanol–water partition coefficient (Wildman–Crippen LogP) is 4.18. The number of piperidine rings is 1. The maximum atomic E-state index is 9.96. The molecule has 2 aromatic carbocycles. The largest absolute Gasteiger partial charge is 0.391 e. The van der Waals surface area contributed by atoms with Crippen molar-refractivity contribution in [2.75, 3.05) is 18.0 Å². The van der Waals surface area contributed by atoms with E-state index >= 15 is 0 Å². The second-order valence-corrected chi connectivity index (χ2v) is 8.67. The topological polar surface area (TPSA) is 54.2 Å². The number of aromatic nitrogens is 3. The van der Waals surface area contributed by atoms with E-state index in [4.69, 9.17) is 11.6 Å². The lowest BCUT2D eigenvalue weighted by molar-refractivity contribution is 0.154. The molecule has 2 aliphatic rings. The fraction of sp³-hybridized carbons (Fsp3) is 0.391. The molecule has 0 amide bonds. The second-order valence-electron chi connectivity index (χ2n) is 8.26. The zero-order valence-corrected chi connectivity index (χ0v) is 17.3. The van der Waals surface area contributed by atoms with Gasteiger partial charge >= 0.3 is 0 Å². The fourth-order valence-electron chi connectivity index (χ4n) is 4.58. The van der Waals surface area contributed by atoms with Crippen LogP contribution in [0.2, 0.25) is 5.02 Å². The van der Waals surface area contributed by atoms with E-state index in [1.807, 2.05) is 25.2 Å². The Kier molecular flexibility index (Phi) is 4.60. The molecule has 0 spiro atoms. The third-order valence-electron chi connectivity index (χ3n) is 6.33. The molecule has 1 saturated carbocycles. The van der Waals surface area contributed by atoms with E-state index < -0.39 is 0 Å². The quantitative estimate of drug-likeness (QED) is 0.703. The molecule has 1 N–H and O–H groups in total. The Morgan fingerprint density at radius 1 is 1.10 bits per heavy atom. The molecule has 5 nitrogen and oxygen atoms in total. The zero-order chi connectivity index (χ0) is 20.0. The Balaban J connectivity index is 1.47. The number of anilines is 1. The molecule has 1 aliphatic carbocycles. The number of hydrogen-bond donors (Lipinski definition) is 1. The van der Waals surface area contributed by atoms with Crippen molar-refractivity contribution in [3.05, 3.63) is 64.9 Å². The molecule has 6 heteroatoms. The summed E-state index contributed by atoms with van der Waals surface area (Å²) in [4.78, 5) is 2.19. The van der Waals surface area contributed by atoms with Gasteiger partial charge in [-0.1, -0.05) is 41.9 Å². The molecular formula is C23H25ClN4O. The van der Waals surface area contributed by atoms with Crippen LogP contribution in [0, 0.1) is 0 Å². The van der Waals surface area contributed by atoms with Gasteiger partial charge in [-0.3, -0.25) is 0 Å². The highest BCUT2D eigenvalue weighted by atomic mass is 35.5. The van der Waals surface area contributed by atoms with Crippen LogP contribution in [0.25, 0.3) is 11.4 Å². The minimum absolute atomic E-state index is 0.0301. The third kappa shape index (κ3) is 3.22. The van der Waals surface area contributed by atoms with Gasteiger partial charge in [0.1, 0.15) is 5.82 Å². The van der Waals surface area contributed by atoms with E-state index in [9.17, 15) is 5.11 Å². The molecule has 1 atom stereocenters. The smallest absolute Gasteiger partial charge is 0.165 e. The van der Waals surface area contributed by atoms with Gasteiger partial charge in [-0.15, -0.1) is 10.2 Å². The first kappa shape index (κ1) is 18.6. The van der Waals surface area contributed by atoms with Crippen LogP contribution in [0.3, 0.4) is 0 Å². The Morgan fingerprint density at radius 2 is 1.90 bits per heavy atom. The van der Waals surface area contributed by atoms with Crippen molar-refractivity contribution in [2.24, 2.45) is 7.05 Å². The Hall–Kier alpha value is -2.37. The van der Waals surface area contributed by atoms with E-state index in [0.717, 1.165) is 55.1 Å². The summed E-state index contributed by atoms with van der Waals surface area (Å²) in [5.41, 5.74) is 3.20. The number of aliphatic hydroxyl groups excluding tert-OH is 1. The van der Waals surface area contributed by atoms with Gasteiger partial charge in [-0.05, 0) is 49.4 Å². The van der Waals surface area contributed by atoms with Gasteiger partial charge in [0.2, 0.25) is 0 Å². The number of halogens is 1. The average molecular weight is 409 g/mol. The summed E-state index contributed by atoms with van der Waals surface area (Å²) < 4.78 is 2.09. The fourth-order valence-corrected chi connectivity index (χ4v) is 4.83. The first-order chi connectivity index (χ1) is 14.1. The highest BCUT2D eigenvalue weighted by Gasteiger charge is 2.49. The third-order valence-corrected chi connectivity index (χ3v) is 6.65. The SMILES string of the molecule is Cn1c(-c2ccc(N3CCCC(O)C3)cc2Cl)nnc1C1(c2ccccc2)CC1. The number of hydrogen-bond acceptors (Lipinski definition) is 4. The number of nitrogens with zero attached hydrogens (tertiary/aromatic N) is 4. The van der Waals surface area contributed by atoms with E-state index in [1.54, 1.807) is 0 Å². The van der Waals surface area contributed by atoms with Crippen LogP contribution in [0.4, 0.5) is 5.69 Å². The lowest BCUT2D eigenvalue weighted by atomic mass is 9.95. The molecule has 2 heterocycles. The maximum Gasteiger partial charge on any atom is 0.165 e. The van der Waals surface area contributed by atoms with Crippen LogP contribution in [0.5, 0.6) is 0 Å². The van der Waals surface area contributed by atoms with E-state index in [0.29, 0.717) is 11.6 Å². The van der Waals surface area contributed by atoms with Gasteiger partial charge in [0.25, 0.3) is 0 Å². The van der Waals surface area contributed by atoms with Crippen molar-refractivity contribution in [1.29, 1.82) is 0 Å². The minimum Gasteiger partial charge on any atom is -0.391 e. The monoisotopic (exact) mass is 408 g/mol. The van der Waals surface area contributed by atoms with Crippen molar-refractivity contribution in [1.82, 2.24) is 14.8 Å². The van der Waals surface area contributed by atoms with Crippen LogP contribution in [-0.4, -0.2) is 39.1 Å². The molecule has 0 bridgehead atoms. The van der Waals surface area contributed by atoms with Crippen molar-refractivity contribution in [3.63, 3.8) is 0 Å². The lowest BCUT2D eigenvalue weighted by Gasteiger charge is -2.32. The van der Waals surface area contributed by atoms with Crippen molar-refractivity contribution < 1.29 is 5.11 Å². The first-order valence-electron chi connectivity index (χ1n) is 10.3. The number of benzene rings is 2. The predicted molar refractivity (Wildman–Crippen MR) is 115 cm³/mol. The van der Waals surface area contributed by atoms with Gasteiger partial charge in [-0.25, -0.2) is 0 Å². The molecule has 2 fully saturated rings. The van der Waals surface area contributed by atoms with Crippen molar-refractivity contribution >= 4 is 17.3 Å². The van der Waals surface area contributed by atoms with Crippen molar-refractivity contribution in [3.8, 4) is 11.4 Å². The van der Waals surface area contributed by atoms with Gasteiger partial charge in [0.05, 0.1) is 16.5 Å². The minimum atomic E-state index is -0.267. The normalized spacial score (nSPS) is 20.7. The molecule has 1 unspecified atom stereocenters. The Morgan fingerprint density at radius 3 is 2.59 bits per heavy atom. The average Bonchev–Trinajstić information content (AvgIpc) is 3.45. The Labute approximate surface area is 176 Å². The van der Waals surface area contributed by atoms with Crippen LogP contribution in [0.15, 0.2) is 48.5 Å². The highest BCUT2D eigenvalue weighted by Crippen LogP contribution is 2.53. The second kappa shape index (κ2) is 7.15. The standard InChI is InChI=1S/C23H25ClN4O/c1-27-21(25-26-22(27)23(11-12-23)16-6-3-2-4-7-16)19-10-9-17(14-20(19)24)28-13-5-8-18(29)15-28/h2-4,6-7,9-10,14,18,29H,5,8,11-13,15H2,1H3. The summed E-state index contributed by atoms with van der Waals surface area (Å²) in [6.07, 6.45) is 3.78. The van der Waals surface area contributed by atoms with E-state index in [2.05, 4.69) is 50.0 Å². The molecule has 1 aliphatic heterocycles. The van der Waals surface area contributed by atoms with Crippen molar-refractivity contribution in [2.45, 2.75) is 37.2 Å². The molecule has 1 aromatic heterocycles. The molecular weight excluding hydrogens is 384 g/mol. The lowest BCUT2D eigenvalue weighted by Crippen LogP contribution is -2.38. The van der Waals surface area contributed by atoms with Gasteiger partial charge in [-0.2, -0.15) is 0 Å². The number of β-amino-alcohol motifs (C(OH)–C–C–N with tert-alkyl or cyclic N) is 1. The summed E-state index contributed by atoms with van der Waals surface area (Å²) in [5, 5.41) is 19.7. The summed E-state index contributed by atoms with van der Waals surface area (Å²) in [5.74, 6) is 1.79. The Bertz CT molecular complexity index is 1030.